The van der Waals surface area contributed by atoms with Crippen LogP contribution in [0.4, 0.5) is 14.5 Å². The molecule has 2 saturated carbocycles. The van der Waals surface area contributed by atoms with Crippen LogP contribution in [0.3, 0.4) is 0 Å². The highest BCUT2D eigenvalue weighted by molar-refractivity contribution is 5.93. The van der Waals surface area contributed by atoms with Crippen molar-refractivity contribution in [1.82, 2.24) is 0 Å². The minimum atomic E-state index is -0.649. The summed E-state index contributed by atoms with van der Waals surface area (Å²) in [6.45, 7) is 5.58. The highest BCUT2D eigenvalue weighted by atomic mass is 19.1. The Morgan fingerprint density at radius 2 is 1.90 bits per heavy atom. The summed E-state index contributed by atoms with van der Waals surface area (Å²) < 4.78 is 35.4. The van der Waals surface area contributed by atoms with E-state index in [4.69, 9.17) is 4.74 Å². The van der Waals surface area contributed by atoms with E-state index < -0.39 is 17.7 Å². The molecule has 210 valence electrons. The molecule has 4 aliphatic rings. The fourth-order valence-corrected chi connectivity index (χ4v) is 7.40. The average molecular weight is 540 g/mol. The topological polar surface area (TPSA) is 75.6 Å². The standard InChI is InChI=1S/C29H35F2NO4.C3H4/c1-16(33)36-11-3-10-32-28-24(30)13-18(14-25(28)31)22-15-29(2)23(8-9-26(29)35)21-6-4-17-12-19(34)5-7-20(17)27(21)22;1-3-2/h12-14,21-23,26,32,35H,3-11,15H2,1-2H3;1H,2H3. The van der Waals surface area contributed by atoms with Gasteiger partial charge in [0.25, 0.3) is 0 Å². The Labute approximate surface area is 230 Å². The summed E-state index contributed by atoms with van der Waals surface area (Å²) in [6, 6.07) is 2.87. The summed E-state index contributed by atoms with van der Waals surface area (Å²) in [6.07, 6.45) is 11.7. The number of rotatable bonds is 6. The molecule has 0 heterocycles. The lowest BCUT2D eigenvalue weighted by Crippen LogP contribution is -2.45. The second-order valence-corrected chi connectivity index (χ2v) is 11.4. The van der Waals surface area contributed by atoms with Crippen LogP contribution in [0.2, 0.25) is 0 Å². The predicted octanol–water partition coefficient (Wildman–Crippen LogP) is 6.23. The Morgan fingerprint density at radius 1 is 1.21 bits per heavy atom. The molecule has 0 spiro atoms. The van der Waals surface area contributed by atoms with Crippen molar-refractivity contribution in [2.45, 2.75) is 84.2 Å². The molecule has 1 aromatic rings. The van der Waals surface area contributed by atoms with Crippen LogP contribution in [0.25, 0.3) is 0 Å². The number of allylic oxidation sites excluding steroid dienone is 4. The number of hydrogen-bond donors (Lipinski definition) is 2. The number of aliphatic hydroxyl groups is 1. The molecule has 0 aromatic heterocycles. The fourth-order valence-electron chi connectivity index (χ4n) is 7.40. The first-order valence-electron chi connectivity index (χ1n) is 14.0. The van der Waals surface area contributed by atoms with Gasteiger partial charge in [0.1, 0.15) is 17.3 Å². The summed E-state index contributed by atoms with van der Waals surface area (Å²) in [5.74, 6) is 1.13. The molecule has 39 heavy (non-hydrogen) atoms. The van der Waals surface area contributed by atoms with Gasteiger partial charge in [-0.25, -0.2) is 8.78 Å². The van der Waals surface area contributed by atoms with Crippen molar-refractivity contribution < 1.29 is 28.2 Å². The molecule has 5 unspecified atom stereocenters. The Balaban J connectivity index is 0.00000112. The number of esters is 1. The molecule has 5 nitrogen and oxygen atoms in total. The van der Waals surface area contributed by atoms with E-state index >= 15 is 8.78 Å². The Kier molecular flexibility index (Phi) is 8.96. The number of aliphatic hydroxyl groups excluding tert-OH is 1. The lowest BCUT2D eigenvalue weighted by molar-refractivity contribution is -0.140. The number of carbonyl (C=O) groups excluding carboxylic acids is 2. The van der Waals surface area contributed by atoms with Gasteiger partial charge in [0.2, 0.25) is 0 Å². The minimum absolute atomic E-state index is 0.155. The molecule has 0 saturated heterocycles. The number of fused-ring (bicyclic) bond motifs is 4. The molecule has 0 aliphatic heterocycles. The molecular formula is C32H39F2NO4. The predicted molar refractivity (Wildman–Crippen MR) is 147 cm³/mol. The van der Waals surface area contributed by atoms with Crippen LogP contribution in [0.15, 0.2) is 34.9 Å². The number of terminal acetylenes is 1. The second-order valence-electron chi connectivity index (χ2n) is 11.4. The molecule has 4 aliphatic carbocycles. The van der Waals surface area contributed by atoms with Crippen molar-refractivity contribution in [3.8, 4) is 12.3 Å². The number of benzene rings is 1. The van der Waals surface area contributed by atoms with Gasteiger partial charge in [-0.2, -0.15) is 0 Å². The lowest BCUT2D eigenvalue weighted by atomic mass is 9.53. The van der Waals surface area contributed by atoms with Crippen LogP contribution >= 0.6 is 0 Å². The van der Waals surface area contributed by atoms with Crippen molar-refractivity contribution in [2.24, 2.45) is 17.3 Å². The normalized spacial score (nSPS) is 29.2. The van der Waals surface area contributed by atoms with Crippen LogP contribution in [-0.4, -0.2) is 36.1 Å². The smallest absolute Gasteiger partial charge is 0.302 e. The van der Waals surface area contributed by atoms with E-state index in [2.05, 4.69) is 24.6 Å². The van der Waals surface area contributed by atoms with Gasteiger partial charge in [-0.05, 0) is 104 Å². The zero-order valence-electron chi connectivity index (χ0n) is 23.1. The van der Waals surface area contributed by atoms with E-state index in [1.807, 2.05) is 0 Å². The van der Waals surface area contributed by atoms with Crippen LogP contribution in [0.1, 0.15) is 83.6 Å². The molecule has 2 fully saturated rings. The number of halogens is 2. The Morgan fingerprint density at radius 3 is 2.56 bits per heavy atom. The maximum Gasteiger partial charge on any atom is 0.302 e. The first kappa shape index (κ1) is 29.0. The molecule has 7 heteroatoms. The van der Waals surface area contributed by atoms with Crippen LogP contribution in [0.5, 0.6) is 0 Å². The largest absolute Gasteiger partial charge is 0.466 e. The molecule has 1 aromatic carbocycles. The number of ether oxygens (including phenoxy) is 1. The molecule has 5 atom stereocenters. The summed E-state index contributed by atoms with van der Waals surface area (Å²) >= 11 is 0. The highest BCUT2D eigenvalue weighted by Gasteiger charge is 2.56. The highest BCUT2D eigenvalue weighted by Crippen LogP contribution is 2.63. The van der Waals surface area contributed by atoms with Gasteiger partial charge in [-0.1, -0.05) is 12.5 Å². The van der Waals surface area contributed by atoms with E-state index in [0.717, 1.165) is 31.3 Å². The van der Waals surface area contributed by atoms with E-state index in [0.29, 0.717) is 37.2 Å². The monoisotopic (exact) mass is 539 g/mol. The number of hydrogen-bond acceptors (Lipinski definition) is 5. The first-order valence-corrected chi connectivity index (χ1v) is 14.0. The minimum Gasteiger partial charge on any atom is -0.466 e. The molecule has 0 bridgehead atoms. The average Bonchev–Trinajstić information content (AvgIpc) is 3.18. The second kappa shape index (κ2) is 12.0. The summed E-state index contributed by atoms with van der Waals surface area (Å²) in [5, 5.41) is 13.8. The van der Waals surface area contributed by atoms with E-state index in [-0.39, 0.29) is 47.8 Å². The van der Waals surface area contributed by atoms with Gasteiger partial charge in [0.05, 0.1) is 12.7 Å². The van der Waals surface area contributed by atoms with Gasteiger partial charge < -0.3 is 15.2 Å². The van der Waals surface area contributed by atoms with Gasteiger partial charge in [0, 0.05) is 25.8 Å². The van der Waals surface area contributed by atoms with Crippen molar-refractivity contribution in [3.63, 3.8) is 0 Å². The van der Waals surface area contributed by atoms with Crippen molar-refractivity contribution in [1.29, 1.82) is 0 Å². The van der Waals surface area contributed by atoms with Gasteiger partial charge in [0.15, 0.2) is 5.78 Å². The van der Waals surface area contributed by atoms with Gasteiger partial charge in [-0.3, -0.25) is 9.59 Å². The third-order valence-corrected chi connectivity index (χ3v) is 9.08. The van der Waals surface area contributed by atoms with Crippen molar-refractivity contribution in [3.05, 3.63) is 52.1 Å². The number of nitrogens with one attached hydrogen (secondary N) is 1. The number of ketones is 1. The zero-order valence-corrected chi connectivity index (χ0v) is 23.1. The Bertz CT molecular complexity index is 1210. The van der Waals surface area contributed by atoms with Gasteiger partial charge in [-0.15, -0.1) is 12.3 Å². The molecule has 5 rings (SSSR count). The summed E-state index contributed by atoms with van der Waals surface area (Å²) in [7, 11) is 0. The van der Waals surface area contributed by atoms with E-state index in [9.17, 15) is 14.7 Å². The molecule has 2 N–H and O–H groups in total. The van der Waals surface area contributed by atoms with Crippen molar-refractivity contribution in [2.75, 3.05) is 18.5 Å². The molecule has 0 radical (unpaired) electrons. The maximum atomic E-state index is 15.2. The SMILES string of the molecule is C#CC.CC(=O)OCCCNc1c(F)cc(C2CC3(C)C(O)CCC3C3CCC4=CC(=O)CCC4=C23)cc1F. The molecular weight excluding hydrogens is 500 g/mol. The maximum absolute atomic E-state index is 15.2. The van der Waals surface area contributed by atoms with Crippen LogP contribution in [0, 0.1) is 41.2 Å². The van der Waals surface area contributed by atoms with Crippen LogP contribution < -0.4 is 5.32 Å². The van der Waals surface area contributed by atoms with Crippen molar-refractivity contribution >= 4 is 17.4 Å². The number of carbonyl (C=O) groups is 2. The van der Waals surface area contributed by atoms with E-state index in [1.54, 1.807) is 13.0 Å². The summed E-state index contributed by atoms with van der Waals surface area (Å²) in [5.41, 5.74) is 3.68. The van der Waals surface area contributed by atoms with E-state index in [1.165, 1.54) is 30.2 Å². The zero-order chi connectivity index (χ0) is 28.3. The fraction of sp³-hybridized carbons (Fsp3) is 0.562. The third-order valence-electron chi connectivity index (χ3n) is 9.08. The third kappa shape index (κ3) is 5.82. The quantitative estimate of drug-likeness (QED) is 0.255. The Hall–Kier alpha value is -2.98. The van der Waals surface area contributed by atoms with Crippen LogP contribution in [-0.2, 0) is 14.3 Å². The first-order chi connectivity index (χ1) is 18.6. The van der Waals surface area contributed by atoms with Gasteiger partial charge >= 0.3 is 5.97 Å². The summed E-state index contributed by atoms with van der Waals surface area (Å²) in [4.78, 5) is 23.0. The molecule has 0 amide bonds. The number of anilines is 1. The lowest BCUT2D eigenvalue weighted by Gasteiger charge is -2.52.